The van der Waals surface area contributed by atoms with Crippen LogP contribution in [0.3, 0.4) is 0 Å². The second kappa shape index (κ2) is 8.61. The van der Waals surface area contributed by atoms with E-state index in [1.165, 1.54) is 24.3 Å². The summed E-state index contributed by atoms with van der Waals surface area (Å²) in [5.41, 5.74) is 1.82. The van der Waals surface area contributed by atoms with Gasteiger partial charge in [-0.2, -0.15) is 5.26 Å². The van der Waals surface area contributed by atoms with Crippen LogP contribution in [0, 0.1) is 17.1 Å². The molecule has 156 valence electrons. The molecular weight excluding hydrogens is 391 g/mol. The molecule has 3 rings (SSSR count). The predicted octanol–water partition coefficient (Wildman–Crippen LogP) is 2.81. The molecule has 0 radical (unpaired) electrons. The Morgan fingerprint density at radius 2 is 1.93 bits per heavy atom. The van der Waals surface area contributed by atoms with Crippen LogP contribution in [-0.2, 0) is 36.2 Å². The van der Waals surface area contributed by atoms with E-state index in [1.807, 2.05) is 13.0 Å². The highest BCUT2D eigenvalue weighted by Crippen LogP contribution is 2.43. The lowest BCUT2D eigenvalue weighted by Gasteiger charge is -2.30. The number of hydrogen-bond donors (Lipinski definition) is 0. The molecule has 8 heteroatoms. The normalized spacial score (nSPS) is 18.4. The largest absolute Gasteiger partial charge is 0.438 e. The Balaban J connectivity index is 1.97. The Morgan fingerprint density at radius 3 is 2.53 bits per heavy atom. The van der Waals surface area contributed by atoms with Gasteiger partial charge in [-0.05, 0) is 62.5 Å². The van der Waals surface area contributed by atoms with Crippen molar-refractivity contribution in [3.8, 4) is 6.07 Å². The molecule has 0 N–H and O–H groups in total. The maximum atomic E-state index is 13.5. The Labute approximate surface area is 173 Å². The first-order chi connectivity index (χ1) is 14.3. The number of hydrogen-bond acceptors (Lipinski definition) is 7. The number of fused-ring (bicyclic) bond motifs is 1. The number of nitriles is 1. The van der Waals surface area contributed by atoms with Crippen molar-refractivity contribution >= 4 is 11.9 Å². The van der Waals surface area contributed by atoms with Crippen molar-refractivity contribution in [1.29, 1.82) is 5.26 Å². The Kier molecular flexibility index (Phi) is 6.15. The van der Waals surface area contributed by atoms with Gasteiger partial charge < -0.3 is 14.2 Å². The highest BCUT2D eigenvalue weighted by Gasteiger charge is 2.47. The molecule has 0 aliphatic carbocycles. The minimum absolute atomic E-state index is 0.0415. The van der Waals surface area contributed by atoms with Gasteiger partial charge in [0.15, 0.2) is 6.23 Å². The summed E-state index contributed by atoms with van der Waals surface area (Å²) in [5, 5.41) is 9.13. The third-order valence-corrected chi connectivity index (χ3v) is 4.82. The smallest absolute Gasteiger partial charge is 0.420 e. The van der Waals surface area contributed by atoms with Crippen molar-refractivity contribution in [3.63, 3.8) is 0 Å². The van der Waals surface area contributed by atoms with Crippen molar-refractivity contribution < 1.29 is 28.2 Å². The Hall–Kier alpha value is -3.28. The first-order valence-electron chi connectivity index (χ1n) is 9.34. The number of carbonyl (C=O) groups is 2. The highest BCUT2D eigenvalue weighted by atomic mass is 19.1. The zero-order valence-electron chi connectivity index (χ0n) is 16.8. The van der Waals surface area contributed by atoms with Gasteiger partial charge in [-0.25, -0.2) is 14.0 Å². The van der Waals surface area contributed by atoms with Crippen LogP contribution in [0.25, 0.3) is 0 Å². The second-order valence-electron chi connectivity index (χ2n) is 7.02. The number of carbonyl (C=O) groups excluding carboxylic acids is 2. The number of rotatable bonds is 5. The molecule has 2 aromatic carbocycles. The maximum absolute atomic E-state index is 13.5. The lowest BCUT2D eigenvalue weighted by molar-refractivity contribution is -0.220. The zero-order valence-corrected chi connectivity index (χ0v) is 16.8. The van der Waals surface area contributed by atoms with Crippen LogP contribution in [0.4, 0.5) is 4.39 Å². The van der Waals surface area contributed by atoms with E-state index in [0.29, 0.717) is 28.7 Å². The molecule has 0 bridgehead atoms. The van der Waals surface area contributed by atoms with Crippen LogP contribution in [0.1, 0.15) is 35.6 Å². The topological polar surface area (TPSA) is 88.9 Å². The first kappa shape index (κ1) is 21.4. The molecule has 0 spiro atoms. The van der Waals surface area contributed by atoms with Gasteiger partial charge in [-0.1, -0.05) is 13.0 Å². The summed E-state index contributed by atoms with van der Waals surface area (Å²) >= 11 is 0. The lowest BCUT2D eigenvalue weighted by atomic mass is 9.94. The number of halogens is 1. The molecule has 0 saturated heterocycles. The van der Waals surface area contributed by atoms with E-state index in [9.17, 15) is 14.0 Å². The molecule has 1 heterocycles. The Morgan fingerprint density at radius 1 is 1.23 bits per heavy atom. The van der Waals surface area contributed by atoms with Crippen molar-refractivity contribution in [2.24, 2.45) is 0 Å². The molecule has 2 atom stereocenters. The number of benzene rings is 2. The first-order valence-corrected chi connectivity index (χ1v) is 9.34. The van der Waals surface area contributed by atoms with E-state index < -0.39 is 29.8 Å². The van der Waals surface area contributed by atoms with Crippen LogP contribution < -0.4 is 0 Å². The fourth-order valence-electron chi connectivity index (χ4n) is 3.31. The van der Waals surface area contributed by atoms with Gasteiger partial charge in [0, 0.05) is 11.1 Å². The van der Waals surface area contributed by atoms with Crippen LogP contribution in [0.15, 0.2) is 42.5 Å². The molecule has 0 amide bonds. The third-order valence-electron chi connectivity index (χ3n) is 4.82. The van der Waals surface area contributed by atoms with Crippen molar-refractivity contribution in [1.82, 2.24) is 4.90 Å². The summed E-state index contributed by atoms with van der Waals surface area (Å²) in [6.45, 7) is 1.85. The quantitative estimate of drug-likeness (QED) is 0.424. The summed E-state index contributed by atoms with van der Waals surface area (Å²) in [6, 6.07) is 12.0. The fraction of sp³-hybridized carbons (Fsp3) is 0.318. The molecule has 0 aromatic heterocycles. The van der Waals surface area contributed by atoms with E-state index in [0.717, 1.165) is 0 Å². The van der Waals surface area contributed by atoms with Gasteiger partial charge in [0.2, 0.25) is 0 Å². The minimum atomic E-state index is -1.76. The van der Waals surface area contributed by atoms with Gasteiger partial charge in [-0.3, -0.25) is 4.90 Å². The Bertz CT molecular complexity index is 1000. The maximum Gasteiger partial charge on any atom is 0.420 e. The van der Waals surface area contributed by atoms with Gasteiger partial charge >= 0.3 is 11.9 Å². The summed E-state index contributed by atoms with van der Waals surface area (Å²) < 4.78 is 30.1. The number of nitrogens with zero attached hydrogens (tertiary/aromatic N) is 2. The number of ether oxygens (including phenoxy) is 3. The second-order valence-corrected chi connectivity index (χ2v) is 7.02. The minimum Gasteiger partial charge on any atom is -0.438 e. The standard InChI is InChI=1S/C22H21FN2O5/c1-4-19(25(2)3)29-20(26)21(27)30-22(16-6-8-17(23)9-7-16)18-10-5-14(12-24)11-15(18)13-28-22/h5-11,19H,4,13H2,1-3H3. The molecule has 1 aliphatic rings. The molecular formula is C22H21FN2O5. The summed E-state index contributed by atoms with van der Waals surface area (Å²) in [7, 11) is 3.44. The predicted molar refractivity (Wildman–Crippen MR) is 103 cm³/mol. The SMILES string of the molecule is CCC(OC(=O)C(=O)OC1(c2ccc(F)cc2)OCc2cc(C#N)ccc21)N(C)C. The van der Waals surface area contributed by atoms with E-state index in [4.69, 9.17) is 19.5 Å². The van der Waals surface area contributed by atoms with Crippen LogP contribution in [-0.4, -0.2) is 37.2 Å². The average Bonchev–Trinajstić information content (AvgIpc) is 3.10. The molecule has 0 saturated carbocycles. The summed E-state index contributed by atoms with van der Waals surface area (Å²) in [5.74, 6) is -4.64. The van der Waals surface area contributed by atoms with Gasteiger partial charge in [-0.15, -0.1) is 0 Å². The zero-order chi connectivity index (χ0) is 21.9. The molecule has 30 heavy (non-hydrogen) atoms. The van der Waals surface area contributed by atoms with Crippen molar-refractivity contribution in [3.05, 3.63) is 70.5 Å². The summed E-state index contributed by atoms with van der Waals surface area (Å²) in [4.78, 5) is 26.7. The van der Waals surface area contributed by atoms with Crippen molar-refractivity contribution in [2.45, 2.75) is 32.0 Å². The van der Waals surface area contributed by atoms with E-state index in [-0.39, 0.29) is 6.61 Å². The van der Waals surface area contributed by atoms with Crippen molar-refractivity contribution in [2.75, 3.05) is 14.1 Å². The average molecular weight is 412 g/mol. The van der Waals surface area contributed by atoms with E-state index in [2.05, 4.69) is 0 Å². The highest BCUT2D eigenvalue weighted by molar-refractivity contribution is 6.29. The van der Waals surface area contributed by atoms with Gasteiger partial charge in [0.25, 0.3) is 5.79 Å². The fourth-order valence-corrected chi connectivity index (χ4v) is 3.31. The third kappa shape index (κ3) is 4.03. The van der Waals surface area contributed by atoms with Crippen LogP contribution in [0.2, 0.25) is 0 Å². The molecule has 1 aliphatic heterocycles. The molecule has 2 unspecified atom stereocenters. The molecule has 7 nitrogen and oxygen atoms in total. The molecule has 0 fully saturated rings. The monoisotopic (exact) mass is 412 g/mol. The molecule has 2 aromatic rings. The van der Waals surface area contributed by atoms with Gasteiger partial charge in [0.05, 0.1) is 18.2 Å². The van der Waals surface area contributed by atoms with Crippen LogP contribution in [0.5, 0.6) is 0 Å². The number of esters is 2. The van der Waals surface area contributed by atoms with E-state index in [1.54, 1.807) is 37.2 Å². The lowest BCUT2D eigenvalue weighted by Crippen LogP contribution is -2.40. The van der Waals surface area contributed by atoms with Crippen LogP contribution >= 0.6 is 0 Å². The van der Waals surface area contributed by atoms with Gasteiger partial charge in [0.1, 0.15) is 5.82 Å². The van der Waals surface area contributed by atoms with E-state index >= 15 is 0 Å². The summed E-state index contributed by atoms with van der Waals surface area (Å²) in [6.07, 6.45) is -0.118.